The van der Waals surface area contributed by atoms with E-state index in [-0.39, 0.29) is 0 Å². The van der Waals surface area contributed by atoms with Crippen molar-refractivity contribution in [1.29, 1.82) is 0 Å². The molecule has 1 atom stereocenters. The molecule has 3 fully saturated rings. The highest BCUT2D eigenvalue weighted by atomic mass is 19.1. The van der Waals surface area contributed by atoms with Crippen molar-refractivity contribution in [2.75, 3.05) is 6.54 Å². The molecule has 52 valence electrons. The molecule has 1 nitrogen and oxygen atoms in total. The summed E-state index contributed by atoms with van der Waals surface area (Å²) in [6.45, 7) is 0.691. The van der Waals surface area contributed by atoms with Crippen molar-refractivity contribution in [3.05, 3.63) is 0 Å². The Bertz CT molecular complexity index is 129. The second-order valence-electron chi connectivity index (χ2n) is 3.52. The zero-order valence-electron chi connectivity index (χ0n) is 5.44. The van der Waals surface area contributed by atoms with Crippen LogP contribution in [-0.4, -0.2) is 12.2 Å². The molecule has 0 amide bonds. The topological polar surface area (TPSA) is 26.0 Å². The molecule has 0 saturated heterocycles. The van der Waals surface area contributed by atoms with E-state index in [2.05, 4.69) is 0 Å². The van der Waals surface area contributed by atoms with Gasteiger partial charge in [0.05, 0.1) is 0 Å². The van der Waals surface area contributed by atoms with Crippen LogP contribution in [0.25, 0.3) is 0 Å². The molecular formula is C7H12FN. The third kappa shape index (κ3) is 0.627. The predicted molar refractivity (Wildman–Crippen MR) is 33.7 cm³/mol. The fourth-order valence-electron chi connectivity index (χ4n) is 2.29. The summed E-state index contributed by atoms with van der Waals surface area (Å²) < 4.78 is 13.1. The zero-order chi connectivity index (χ0) is 6.48. The molecule has 1 unspecified atom stereocenters. The van der Waals surface area contributed by atoms with Gasteiger partial charge in [0, 0.05) is 0 Å². The summed E-state index contributed by atoms with van der Waals surface area (Å²) in [5.74, 6) is 1.15. The van der Waals surface area contributed by atoms with Gasteiger partial charge in [-0.3, -0.25) is 0 Å². The van der Waals surface area contributed by atoms with E-state index < -0.39 is 5.67 Å². The monoisotopic (exact) mass is 129 g/mol. The van der Waals surface area contributed by atoms with Gasteiger partial charge in [0.2, 0.25) is 0 Å². The number of hydrogen-bond acceptors (Lipinski definition) is 1. The van der Waals surface area contributed by atoms with Crippen molar-refractivity contribution < 1.29 is 4.39 Å². The van der Waals surface area contributed by atoms with Gasteiger partial charge in [-0.2, -0.15) is 0 Å². The van der Waals surface area contributed by atoms with E-state index in [9.17, 15) is 4.39 Å². The molecule has 0 aromatic heterocycles. The molecule has 0 spiro atoms. The van der Waals surface area contributed by atoms with Gasteiger partial charge in [-0.15, -0.1) is 0 Å². The number of rotatable bonds is 1. The predicted octanol–water partition coefficient (Wildman–Crippen LogP) is 1.08. The molecule has 0 aromatic carbocycles. The van der Waals surface area contributed by atoms with Crippen molar-refractivity contribution in [3.63, 3.8) is 0 Å². The zero-order valence-corrected chi connectivity index (χ0v) is 5.44. The lowest BCUT2D eigenvalue weighted by Crippen LogP contribution is -2.30. The minimum Gasteiger partial charge on any atom is -0.330 e. The second kappa shape index (κ2) is 1.48. The van der Waals surface area contributed by atoms with Crippen LogP contribution < -0.4 is 5.73 Å². The Morgan fingerprint density at radius 2 is 2.11 bits per heavy atom. The van der Waals surface area contributed by atoms with Gasteiger partial charge in [0.25, 0.3) is 0 Å². The Balaban J connectivity index is 2.06. The van der Waals surface area contributed by atoms with Gasteiger partial charge >= 0.3 is 0 Å². The highest BCUT2D eigenvalue weighted by Crippen LogP contribution is 2.57. The van der Waals surface area contributed by atoms with Gasteiger partial charge in [0.1, 0.15) is 5.67 Å². The second-order valence-corrected chi connectivity index (χ2v) is 3.52. The molecule has 0 aromatic rings. The van der Waals surface area contributed by atoms with Crippen molar-refractivity contribution >= 4 is 0 Å². The summed E-state index contributed by atoms with van der Waals surface area (Å²) in [4.78, 5) is 0. The van der Waals surface area contributed by atoms with Crippen LogP contribution in [0.5, 0.6) is 0 Å². The molecule has 0 heterocycles. The fraction of sp³-hybridized carbons (Fsp3) is 1.00. The minimum atomic E-state index is -0.769. The summed E-state index contributed by atoms with van der Waals surface area (Å²) in [6, 6.07) is 0. The summed E-state index contributed by atoms with van der Waals surface area (Å²) in [6.07, 6.45) is 2.35. The highest BCUT2D eigenvalue weighted by molar-refractivity contribution is 5.06. The lowest BCUT2D eigenvalue weighted by Gasteiger charge is -2.30. The van der Waals surface area contributed by atoms with E-state index in [0.717, 1.165) is 19.3 Å². The first kappa shape index (κ1) is 5.66. The first-order valence-electron chi connectivity index (χ1n) is 3.62. The number of nitrogens with two attached hydrogens (primary N) is 1. The van der Waals surface area contributed by atoms with E-state index in [4.69, 9.17) is 5.73 Å². The van der Waals surface area contributed by atoms with E-state index in [1.807, 2.05) is 0 Å². The maximum atomic E-state index is 13.1. The van der Waals surface area contributed by atoms with E-state index in [1.54, 1.807) is 0 Å². The molecule has 3 rings (SSSR count). The SMILES string of the molecule is NCC1CC2(F)CC1C2. The Labute approximate surface area is 54.4 Å². The van der Waals surface area contributed by atoms with Crippen molar-refractivity contribution in [2.24, 2.45) is 17.6 Å². The lowest BCUT2D eigenvalue weighted by molar-refractivity contribution is 0.0740. The van der Waals surface area contributed by atoms with Gasteiger partial charge < -0.3 is 5.73 Å². The molecule has 2 heteroatoms. The minimum absolute atomic E-state index is 0.509. The third-order valence-corrected chi connectivity index (χ3v) is 2.85. The van der Waals surface area contributed by atoms with Crippen LogP contribution in [0.1, 0.15) is 19.3 Å². The summed E-state index contributed by atoms with van der Waals surface area (Å²) in [5.41, 5.74) is 4.67. The van der Waals surface area contributed by atoms with E-state index in [0.29, 0.717) is 18.4 Å². The largest absolute Gasteiger partial charge is 0.330 e. The van der Waals surface area contributed by atoms with Crippen LogP contribution in [-0.2, 0) is 0 Å². The molecule has 2 bridgehead atoms. The lowest BCUT2D eigenvalue weighted by atomic mass is 9.80. The molecule has 0 radical (unpaired) electrons. The molecule has 0 aliphatic heterocycles. The number of fused-ring (bicyclic) bond motifs is 1. The van der Waals surface area contributed by atoms with E-state index >= 15 is 0 Å². The standard InChI is InChI=1S/C7H12FN/c8-7-1-5(2-7)6(3-7)4-9/h5-6H,1-4,9H2. The van der Waals surface area contributed by atoms with Crippen LogP contribution in [0.3, 0.4) is 0 Å². The molecule has 2 N–H and O–H groups in total. The van der Waals surface area contributed by atoms with Crippen LogP contribution >= 0.6 is 0 Å². The van der Waals surface area contributed by atoms with Crippen LogP contribution in [0, 0.1) is 11.8 Å². The van der Waals surface area contributed by atoms with Gasteiger partial charge in [-0.25, -0.2) is 4.39 Å². The maximum absolute atomic E-state index is 13.1. The maximum Gasteiger partial charge on any atom is 0.112 e. The molecular weight excluding hydrogens is 117 g/mol. The molecule has 3 aliphatic rings. The molecule has 3 saturated carbocycles. The highest BCUT2D eigenvalue weighted by Gasteiger charge is 2.55. The number of hydrogen-bond donors (Lipinski definition) is 1. The van der Waals surface area contributed by atoms with Crippen molar-refractivity contribution in [3.8, 4) is 0 Å². The van der Waals surface area contributed by atoms with Gasteiger partial charge in [-0.05, 0) is 37.6 Å². The normalized spacial score (nSPS) is 55.3. The quantitative estimate of drug-likeness (QED) is 0.563. The van der Waals surface area contributed by atoms with Crippen LogP contribution in [0.15, 0.2) is 0 Å². The van der Waals surface area contributed by atoms with Crippen molar-refractivity contribution in [1.82, 2.24) is 0 Å². The third-order valence-electron chi connectivity index (χ3n) is 2.85. The summed E-state index contributed by atoms with van der Waals surface area (Å²) in [5, 5.41) is 0. The average molecular weight is 129 g/mol. The van der Waals surface area contributed by atoms with E-state index in [1.165, 1.54) is 0 Å². The summed E-state index contributed by atoms with van der Waals surface area (Å²) in [7, 11) is 0. The number of alkyl halides is 1. The summed E-state index contributed by atoms with van der Waals surface area (Å²) >= 11 is 0. The molecule has 3 aliphatic carbocycles. The Kier molecular flexibility index (Phi) is 0.933. The van der Waals surface area contributed by atoms with Crippen LogP contribution in [0.4, 0.5) is 4.39 Å². The Morgan fingerprint density at radius 3 is 2.33 bits per heavy atom. The first-order chi connectivity index (χ1) is 4.23. The smallest absolute Gasteiger partial charge is 0.112 e. The Hall–Kier alpha value is -0.110. The Morgan fingerprint density at radius 1 is 1.44 bits per heavy atom. The number of halogens is 1. The van der Waals surface area contributed by atoms with Crippen molar-refractivity contribution in [2.45, 2.75) is 24.9 Å². The fourth-order valence-corrected chi connectivity index (χ4v) is 2.29. The molecule has 9 heavy (non-hydrogen) atoms. The average Bonchev–Trinajstić information content (AvgIpc) is 2.18. The van der Waals surface area contributed by atoms with Gasteiger partial charge in [-0.1, -0.05) is 0 Å². The van der Waals surface area contributed by atoms with Gasteiger partial charge in [0.15, 0.2) is 0 Å². The van der Waals surface area contributed by atoms with Crippen LogP contribution in [0.2, 0.25) is 0 Å². The first-order valence-corrected chi connectivity index (χ1v) is 3.62.